The molecule has 1 aliphatic heterocycles. The van der Waals surface area contributed by atoms with Crippen LogP contribution in [-0.4, -0.2) is 56.6 Å². The van der Waals surface area contributed by atoms with Crippen molar-refractivity contribution in [2.24, 2.45) is 5.92 Å². The lowest BCUT2D eigenvalue weighted by atomic mass is 10.1. The number of ether oxygens (including phenoxy) is 3. The molecule has 0 bridgehead atoms. The first-order valence-electron chi connectivity index (χ1n) is 5.97. The van der Waals surface area contributed by atoms with E-state index in [4.69, 9.17) is 14.2 Å². The fraction of sp³-hybridized carbons (Fsp3) is 0.917. The van der Waals surface area contributed by atoms with Crippen molar-refractivity contribution < 1.29 is 19.0 Å². The van der Waals surface area contributed by atoms with Crippen LogP contribution in [0.2, 0.25) is 0 Å². The Labute approximate surface area is 103 Å². The van der Waals surface area contributed by atoms with E-state index in [2.05, 4.69) is 0 Å². The monoisotopic (exact) mass is 245 g/mol. The molecule has 5 nitrogen and oxygen atoms in total. The lowest BCUT2D eigenvalue weighted by Gasteiger charge is -2.27. The van der Waals surface area contributed by atoms with E-state index in [1.807, 2.05) is 20.8 Å². The van der Waals surface area contributed by atoms with Gasteiger partial charge in [0.05, 0.1) is 19.8 Å². The molecule has 100 valence electrons. The van der Waals surface area contributed by atoms with Gasteiger partial charge in [-0.2, -0.15) is 0 Å². The Kier molecular flexibility index (Phi) is 5.21. The van der Waals surface area contributed by atoms with Gasteiger partial charge >= 0.3 is 6.09 Å². The predicted molar refractivity (Wildman–Crippen MR) is 64.0 cm³/mol. The minimum absolute atomic E-state index is 0.218. The summed E-state index contributed by atoms with van der Waals surface area (Å²) in [5, 5.41) is 0. The van der Waals surface area contributed by atoms with Crippen LogP contribution in [0.4, 0.5) is 4.79 Å². The predicted octanol–water partition coefficient (Wildman–Crippen LogP) is 1.52. The Morgan fingerprint density at radius 3 is 2.76 bits per heavy atom. The number of carbonyl (C=O) groups excluding carboxylic acids is 1. The lowest BCUT2D eigenvalue weighted by molar-refractivity contribution is 0.0216. The summed E-state index contributed by atoms with van der Waals surface area (Å²) in [4.78, 5) is 13.6. The van der Waals surface area contributed by atoms with E-state index in [1.165, 1.54) is 0 Å². The number of nitrogens with zero attached hydrogens (tertiary/aromatic N) is 1. The summed E-state index contributed by atoms with van der Waals surface area (Å²) in [6.07, 6.45) is -0.274. The number of amides is 1. The van der Waals surface area contributed by atoms with Gasteiger partial charge in [0.25, 0.3) is 0 Å². The molecule has 1 unspecified atom stereocenters. The van der Waals surface area contributed by atoms with Gasteiger partial charge in [0.15, 0.2) is 0 Å². The van der Waals surface area contributed by atoms with Crippen LogP contribution in [0.15, 0.2) is 0 Å². The topological polar surface area (TPSA) is 48.0 Å². The molecule has 17 heavy (non-hydrogen) atoms. The molecule has 5 heteroatoms. The molecule has 0 saturated carbocycles. The number of methoxy groups -OCH3 is 1. The maximum Gasteiger partial charge on any atom is 0.410 e. The maximum atomic E-state index is 11.9. The van der Waals surface area contributed by atoms with Crippen molar-refractivity contribution in [2.75, 3.05) is 40.0 Å². The smallest absolute Gasteiger partial charge is 0.410 e. The van der Waals surface area contributed by atoms with Crippen molar-refractivity contribution in [3.8, 4) is 0 Å². The van der Waals surface area contributed by atoms with Gasteiger partial charge in [0.1, 0.15) is 5.60 Å². The minimum Gasteiger partial charge on any atom is -0.444 e. The van der Waals surface area contributed by atoms with Crippen molar-refractivity contribution in [1.82, 2.24) is 4.90 Å². The van der Waals surface area contributed by atoms with Gasteiger partial charge in [-0.1, -0.05) is 0 Å². The summed E-state index contributed by atoms with van der Waals surface area (Å²) in [7, 11) is 1.66. The lowest BCUT2D eigenvalue weighted by Crippen LogP contribution is -2.40. The zero-order chi connectivity index (χ0) is 12.9. The van der Waals surface area contributed by atoms with Crippen LogP contribution in [0.3, 0.4) is 0 Å². The zero-order valence-corrected chi connectivity index (χ0v) is 11.2. The van der Waals surface area contributed by atoms with E-state index in [1.54, 1.807) is 12.0 Å². The van der Waals surface area contributed by atoms with E-state index >= 15 is 0 Å². The molecule has 1 atom stereocenters. The highest BCUT2D eigenvalue weighted by Crippen LogP contribution is 2.13. The largest absolute Gasteiger partial charge is 0.444 e. The average molecular weight is 245 g/mol. The van der Waals surface area contributed by atoms with Gasteiger partial charge in [-0.25, -0.2) is 4.79 Å². The van der Waals surface area contributed by atoms with E-state index in [0.29, 0.717) is 32.9 Å². The fourth-order valence-corrected chi connectivity index (χ4v) is 1.71. The normalized spacial score (nSPS) is 22.1. The van der Waals surface area contributed by atoms with Crippen LogP contribution in [0.1, 0.15) is 20.8 Å². The van der Waals surface area contributed by atoms with Crippen LogP contribution >= 0.6 is 0 Å². The molecule has 0 N–H and O–H groups in total. The van der Waals surface area contributed by atoms with Crippen molar-refractivity contribution in [2.45, 2.75) is 26.4 Å². The highest BCUT2D eigenvalue weighted by atomic mass is 16.6. The van der Waals surface area contributed by atoms with E-state index < -0.39 is 5.60 Å². The van der Waals surface area contributed by atoms with Crippen molar-refractivity contribution >= 4 is 6.09 Å². The molecule has 1 rings (SSSR count). The van der Waals surface area contributed by atoms with Crippen molar-refractivity contribution in [3.63, 3.8) is 0 Å². The average Bonchev–Trinajstić information content (AvgIpc) is 2.41. The summed E-state index contributed by atoms with van der Waals surface area (Å²) in [5.74, 6) is 0.218. The third-order valence-corrected chi connectivity index (χ3v) is 2.39. The Morgan fingerprint density at radius 2 is 2.18 bits per heavy atom. The summed E-state index contributed by atoms with van der Waals surface area (Å²) < 4.78 is 15.9. The van der Waals surface area contributed by atoms with Crippen molar-refractivity contribution in [3.05, 3.63) is 0 Å². The second-order valence-corrected chi connectivity index (χ2v) is 5.32. The summed E-state index contributed by atoms with van der Waals surface area (Å²) >= 11 is 0. The molecule has 1 heterocycles. The van der Waals surface area contributed by atoms with Crippen LogP contribution in [0, 0.1) is 5.92 Å². The van der Waals surface area contributed by atoms with Gasteiger partial charge in [0, 0.05) is 26.1 Å². The Bertz CT molecular complexity index is 249. The second kappa shape index (κ2) is 6.21. The third kappa shape index (κ3) is 5.37. The van der Waals surface area contributed by atoms with Crippen LogP contribution in [0.25, 0.3) is 0 Å². The van der Waals surface area contributed by atoms with Gasteiger partial charge in [-0.3, -0.25) is 0 Å². The van der Waals surface area contributed by atoms with E-state index in [-0.39, 0.29) is 12.0 Å². The molecule has 1 aliphatic rings. The fourth-order valence-electron chi connectivity index (χ4n) is 1.71. The van der Waals surface area contributed by atoms with E-state index in [0.717, 1.165) is 0 Å². The quantitative estimate of drug-likeness (QED) is 0.740. The molecule has 0 aromatic heterocycles. The molecular formula is C12H23NO4. The molecule has 0 aliphatic carbocycles. The van der Waals surface area contributed by atoms with Crippen LogP contribution in [-0.2, 0) is 14.2 Å². The number of rotatable bonds is 2. The molecule has 0 radical (unpaired) electrons. The van der Waals surface area contributed by atoms with Gasteiger partial charge in [-0.15, -0.1) is 0 Å². The molecule has 0 aromatic carbocycles. The molecule has 1 saturated heterocycles. The van der Waals surface area contributed by atoms with Crippen molar-refractivity contribution in [1.29, 1.82) is 0 Å². The second-order valence-electron chi connectivity index (χ2n) is 5.32. The van der Waals surface area contributed by atoms with Gasteiger partial charge in [-0.05, 0) is 20.8 Å². The molecule has 0 spiro atoms. The molecule has 1 amide bonds. The third-order valence-electron chi connectivity index (χ3n) is 2.39. The standard InChI is InChI=1S/C12H23NO4/c1-12(2,3)17-11(14)13-5-6-16-9-10(7-13)8-15-4/h10H,5-9H2,1-4H3. The van der Waals surface area contributed by atoms with E-state index in [9.17, 15) is 4.79 Å². The SMILES string of the molecule is COCC1COCCN(C(=O)OC(C)(C)C)C1. The molecule has 1 fully saturated rings. The Balaban J connectivity index is 2.53. The summed E-state index contributed by atoms with van der Waals surface area (Å²) in [5.41, 5.74) is -0.457. The highest BCUT2D eigenvalue weighted by molar-refractivity contribution is 5.68. The Morgan fingerprint density at radius 1 is 1.47 bits per heavy atom. The molecule has 0 aromatic rings. The first kappa shape index (κ1) is 14.3. The highest BCUT2D eigenvalue weighted by Gasteiger charge is 2.26. The zero-order valence-electron chi connectivity index (χ0n) is 11.2. The maximum absolute atomic E-state index is 11.9. The number of hydrogen-bond donors (Lipinski definition) is 0. The van der Waals surface area contributed by atoms with Crippen LogP contribution in [0.5, 0.6) is 0 Å². The first-order valence-corrected chi connectivity index (χ1v) is 5.97. The number of hydrogen-bond acceptors (Lipinski definition) is 4. The van der Waals surface area contributed by atoms with Gasteiger partial charge in [0.2, 0.25) is 0 Å². The summed E-state index contributed by atoms with van der Waals surface area (Å²) in [6.45, 7) is 8.59. The summed E-state index contributed by atoms with van der Waals surface area (Å²) in [6, 6.07) is 0. The van der Waals surface area contributed by atoms with Crippen LogP contribution < -0.4 is 0 Å². The number of carbonyl (C=O) groups is 1. The first-order chi connectivity index (χ1) is 7.92. The Hall–Kier alpha value is -0.810. The van der Waals surface area contributed by atoms with Gasteiger partial charge < -0.3 is 19.1 Å². The minimum atomic E-state index is -0.457. The molecular weight excluding hydrogens is 222 g/mol.